The highest BCUT2D eigenvalue weighted by Crippen LogP contribution is 2.34. The number of hydrogen-bond acceptors (Lipinski definition) is 2. The van der Waals surface area contributed by atoms with Crippen molar-refractivity contribution in [2.45, 2.75) is 12.7 Å². The second kappa shape index (κ2) is 5.22. The molecule has 2 aromatic rings. The molecule has 0 radical (unpaired) electrons. The van der Waals surface area contributed by atoms with Crippen LogP contribution in [0.1, 0.15) is 11.1 Å². The van der Waals surface area contributed by atoms with E-state index >= 15 is 0 Å². The minimum Gasteiger partial charge on any atom is -0.399 e. The summed E-state index contributed by atoms with van der Waals surface area (Å²) in [5.74, 6) is 0. The average Bonchev–Trinajstić information content (AvgIpc) is 2.36. The number of rotatable bonds is 3. The van der Waals surface area contributed by atoms with Gasteiger partial charge in [0.1, 0.15) is 0 Å². The SMILES string of the molecule is Nc1cccc(CNc2ccccc2C(F)(F)F)c1. The van der Waals surface area contributed by atoms with Gasteiger partial charge >= 0.3 is 6.18 Å². The van der Waals surface area contributed by atoms with Crippen molar-refractivity contribution in [1.29, 1.82) is 0 Å². The fourth-order valence-corrected chi connectivity index (χ4v) is 1.78. The van der Waals surface area contributed by atoms with Crippen molar-refractivity contribution in [2.24, 2.45) is 0 Å². The molecule has 2 aromatic carbocycles. The molecule has 2 nitrogen and oxygen atoms in total. The van der Waals surface area contributed by atoms with Crippen LogP contribution in [0.25, 0.3) is 0 Å². The predicted octanol–water partition coefficient (Wildman–Crippen LogP) is 3.90. The maximum absolute atomic E-state index is 12.8. The first-order chi connectivity index (χ1) is 8.97. The van der Waals surface area contributed by atoms with Crippen LogP contribution in [0.2, 0.25) is 0 Å². The Morgan fingerprint density at radius 1 is 1.00 bits per heavy atom. The van der Waals surface area contributed by atoms with E-state index < -0.39 is 11.7 Å². The van der Waals surface area contributed by atoms with Crippen molar-refractivity contribution in [2.75, 3.05) is 11.1 Å². The number of nitrogens with two attached hydrogens (primary N) is 1. The van der Waals surface area contributed by atoms with Crippen molar-refractivity contribution in [3.8, 4) is 0 Å². The highest BCUT2D eigenvalue weighted by molar-refractivity contribution is 5.53. The molecule has 100 valence electrons. The Morgan fingerprint density at radius 2 is 1.74 bits per heavy atom. The zero-order chi connectivity index (χ0) is 13.9. The molecule has 5 heteroatoms. The molecule has 0 amide bonds. The summed E-state index contributed by atoms with van der Waals surface area (Å²) in [6.45, 7) is 0.290. The molecule has 0 aliphatic rings. The monoisotopic (exact) mass is 266 g/mol. The highest BCUT2D eigenvalue weighted by atomic mass is 19.4. The van der Waals surface area contributed by atoms with E-state index in [-0.39, 0.29) is 12.2 Å². The highest BCUT2D eigenvalue weighted by Gasteiger charge is 2.32. The number of hydrogen-bond donors (Lipinski definition) is 2. The zero-order valence-corrected chi connectivity index (χ0v) is 10.0. The molecule has 0 unspecified atom stereocenters. The van der Waals surface area contributed by atoms with Gasteiger partial charge in [-0.3, -0.25) is 0 Å². The van der Waals surface area contributed by atoms with E-state index in [4.69, 9.17) is 5.73 Å². The topological polar surface area (TPSA) is 38.0 Å². The molecule has 3 N–H and O–H groups in total. The van der Waals surface area contributed by atoms with Crippen LogP contribution >= 0.6 is 0 Å². The lowest BCUT2D eigenvalue weighted by Gasteiger charge is -2.14. The second-order valence-electron chi connectivity index (χ2n) is 4.14. The number of alkyl halides is 3. The van der Waals surface area contributed by atoms with Gasteiger partial charge in [-0.05, 0) is 29.8 Å². The van der Waals surface area contributed by atoms with Gasteiger partial charge in [0, 0.05) is 17.9 Å². The quantitative estimate of drug-likeness (QED) is 0.827. The molecular weight excluding hydrogens is 253 g/mol. The van der Waals surface area contributed by atoms with E-state index in [9.17, 15) is 13.2 Å². The van der Waals surface area contributed by atoms with Gasteiger partial charge in [0.05, 0.1) is 5.56 Å². The maximum atomic E-state index is 12.8. The van der Waals surface area contributed by atoms with Gasteiger partial charge in [-0.25, -0.2) is 0 Å². The molecule has 0 aliphatic heterocycles. The van der Waals surface area contributed by atoms with E-state index in [1.165, 1.54) is 12.1 Å². The third-order valence-corrected chi connectivity index (χ3v) is 2.67. The average molecular weight is 266 g/mol. The number of nitrogens with one attached hydrogen (secondary N) is 1. The van der Waals surface area contributed by atoms with Crippen LogP contribution < -0.4 is 11.1 Å². The Hall–Kier alpha value is -2.17. The minimum atomic E-state index is -4.36. The predicted molar refractivity (Wildman–Crippen MR) is 69.6 cm³/mol. The number of anilines is 2. The summed E-state index contributed by atoms with van der Waals surface area (Å²) in [7, 11) is 0. The minimum absolute atomic E-state index is 0.0671. The second-order valence-corrected chi connectivity index (χ2v) is 4.14. The van der Waals surface area contributed by atoms with Gasteiger partial charge in [0.25, 0.3) is 0 Å². The first-order valence-electron chi connectivity index (χ1n) is 5.71. The molecule has 0 saturated heterocycles. The summed E-state index contributed by atoms with van der Waals surface area (Å²) < 4.78 is 38.3. The summed E-state index contributed by atoms with van der Waals surface area (Å²) >= 11 is 0. The first kappa shape index (κ1) is 13.3. The van der Waals surface area contributed by atoms with Gasteiger partial charge in [0.2, 0.25) is 0 Å². The van der Waals surface area contributed by atoms with E-state index in [0.29, 0.717) is 5.69 Å². The summed E-state index contributed by atoms with van der Waals surface area (Å²) in [4.78, 5) is 0. The van der Waals surface area contributed by atoms with Crippen molar-refractivity contribution >= 4 is 11.4 Å². The molecule has 0 bridgehead atoms. The van der Waals surface area contributed by atoms with Crippen molar-refractivity contribution in [3.05, 3.63) is 59.7 Å². The van der Waals surface area contributed by atoms with E-state index in [1.807, 2.05) is 0 Å². The smallest absolute Gasteiger partial charge is 0.399 e. The van der Waals surface area contributed by atoms with Crippen LogP contribution in [0.15, 0.2) is 48.5 Å². The Bertz CT molecular complexity index is 565. The molecule has 0 atom stereocenters. The largest absolute Gasteiger partial charge is 0.418 e. The normalized spacial score (nSPS) is 11.3. The molecular formula is C14H13F3N2. The van der Waals surface area contributed by atoms with Crippen molar-refractivity contribution < 1.29 is 13.2 Å². The van der Waals surface area contributed by atoms with E-state index in [0.717, 1.165) is 11.6 Å². The Labute approximate surface area is 109 Å². The molecule has 0 aromatic heterocycles. The fourth-order valence-electron chi connectivity index (χ4n) is 1.78. The third-order valence-electron chi connectivity index (χ3n) is 2.67. The van der Waals surface area contributed by atoms with E-state index in [1.54, 1.807) is 30.3 Å². The lowest BCUT2D eigenvalue weighted by molar-refractivity contribution is -0.136. The molecule has 0 spiro atoms. The van der Waals surface area contributed by atoms with Crippen molar-refractivity contribution in [1.82, 2.24) is 0 Å². The maximum Gasteiger partial charge on any atom is 0.418 e. The molecule has 0 aliphatic carbocycles. The summed E-state index contributed by atoms with van der Waals surface area (Å²) in [5.41, 5.74) is 6.44. The molecule has 19 heavy (non-hydrogen) atoms. The fraction of sp³-hybridized carbons (Fsp3) is 0.143. The summed E-state index contributed by atoms with van der Waals surface area (Å²) in [5, 5.41) is 2.79. The summed E-state index contributed by atoms with van der Waals surface area (Å²) in [6.07, 6.45) is -4.36. The van der Waals surface area contributed by atoms with Gasteiger partial charge in [-0.15, -0.1) is 0 Å². The Balaban J connectivity index is 2.16. The molecule has 0 saturated carbocycles. The van der Waals surface area contributed by atoms with Gasteiger partial charge in [0.15, 0.2) is 0 Å². The Morgan fingerprint density at radius 3 is 2.42 bits per heavy atom. The number of benzene rings is 2. The molecule has 0 fully saturated rings. The first-order valence-corrected chi connectivity index (χ1v) is 5.71. The van der Waals surface area contributed by atoms with Crippen LogP contribution in [-0.2, 0) is 12.7 Å². The summed E-state index contributed by atoms with van der Waals surface area (Å²) in [6, 6.07) is 12.4. The third kappa shape index (κ3) is 3.40. The van der Waals surface area contributed by atoms with Crippen LogP contribution in [0, 0.1) is 0 Å². The number of halogens is 3. The van der Waals surface area contributed by atoms with Crippen LogP contribution in [0.5, 0.6) is 0 Å². The number of para-hydroxylation sites is 1. The van der Waals surface area contributed by atoms with Crippen LogP contribution in [-0.4, -0.2) is 0 Å². The standard InChI is InChI=1S/C14H13F3N2/c15-14(16,17)12-6-1-2-7-13(12)19-9-10-4-3-5-11(18)8-10/h1-8,19H,9,18H2. The van der Waals surface area contributed by atoms with Gasteiger partial charge < -0.3 is 11.1 Å². The van der Waals surface area contributed by atoms with Gasteiger partial charge in [-0.1, -0.05) is 24.3 Å². The van der Waals surface area contributed by atoms with E-state index in [2.05, 4.69) is 5.32 Å². The number of nitrogen functional groups attached to an aromatic ring is 1. The van der Waals surface area contributed by atoms with Crippen LogP contribution in [0.3, 0.4) is 0 Å². The lowest BCUT2D eigenvalue weighted by atomic mass is 10.1. The molecule has 0 heterocycles. The van der Waals surface area contributed by atoms with Gasteiger partial charge in [-0.2, -0.15) is 13.2 Å². The lowest BCUT2D eigenvalue weighted by Crippen LogP contribution is -2.10. The Kier molecular flexibility index (Phi) is 3.64. The van der Waals surface area contributed by atoms with Crippen molar-refractivity contribution in [3.63, 3.8) is 0 Å². The zero-order valence-electron chi connectivity index (χ0n) is 10.0. The molecule has 2 rings (SSSR count). The van der Waals surface area contributed by atoms with Crippen LogP contribution in [0.4, 0.5) is 24.5 Å².